The molecule has 2 aromatic rings. The third-order valence-electron chi connectivity index (χ3n) is 2.99. The average Bonchev–Trinajstić information content (AvgIpc) is 2.38. The average molecular weight is 270 g/mol. The summed E-state index contributed by atoms with van der Waals surface area (Å²) in [6, 6.07) is 14.0. The topological polar surface area (TPSA) is 74.6 Å². The van der Waals surface area contributed by atoms with Crippen molar-refractivity contribution in [2.75, 3.05) is 0 Å². The molecule has 0 radical (unpaired) electrons. The lowest BCUT2D eigenvalue weighted by Gasteiger charge is -2.07. The van der Waals surface area contributed by atoms with Crippen LogP contribution >= 0.6 is 0 Å². The van der Waals surface area contributed by atoms with Crippen LogP contribution in [0.25, 0.3) is 0 Å². The molecule has 0 spiro atoms. The van der Waals surface area contributed by atoms with Crippen LogP contribution in [0.1, 0.15) is 27.0 Å². The summed E-state index contributed by atoms with van der Waals surface area (Å²) in [6.07, 6.45) is 0.435. The Hall–Kier alpha value is -2.62. The Morgan fingerprint density at radius 1 is 0.900 bits per heavy atom. The van der Waals surface area contributed by atoms with Gasteiger partial charge in [-0.1, -0.05) is 42.5 Å². The van der Waals surface area contributed by atoms with Crippen molar-refractivity contribution in [3.05, 3.63) is 70.8 Å². The number of carbonyl (C=O) groups is 2. The van der Waals surface area contributed by atoms with Crippen molar-refractivity contribution in [2.24, 2.45) is 0 Å². The molecule has 0 aliphatic carbocycles. The van der Waals surface area contributed by atoms with E-state index in [0.29, 0.717) is 17.5 Å². The van der Waals surface area contributed by atoms with Crippen LogP contribution in [0.2, 0.25) is 0 Å². The lowest BCUT2D eigenvalue weighted by molar-refractivity contribution is -0.136. The lowest BCUT2D eigenvalue weighted by atomic mass is 9.98. The van der Waals surface area contributed by atoms with Gasteiger partial charge in [0.15, 0.2) is 0 Å². The number of carboxylic acids is 2. The van der Waals surface area contributed by atoms with Crippen LogP contribution in [0.3, 0.4) is 0 Å². The molecular formula is C16H14O4. The third-order valence-corrected chi connectivity index (χ3v) is 2.99. The normalized spacial score (nSPS) is 10.2. The molecule has 0 amide bonds. The SMILES string of the molecule is O=C(O)Cc1cccc(Cc2ccccc2C(=O)O)c1. The molecule has 4 heteroatoms. The molecule has 0 unspecified atom stereocenters. The van der Waals surface area contributed by atoms with Crippen LogP contribution in [0, 0.1) is 0 Å². The van der Waals surface area contributed by atoms with E-state index in [0.717, 1.165) is 5.56 Å². The van der Waals surface area contributed by atoms with E-state index in [1.807, 2.05) is 6.07 Å². The van der Waals surface area contributed by atoms with Gasteiger partial charge in [-0.2, -0.15) is 0 Å². The number of aromatic carboxylic acids is 1. The van der Waals surface area contributed by atoms with Crippen LogP contribution in [0.4, 0.5) is 0 Å². The Balaban J connectivity index is 2.26. The predicted octanol–water partition coefficient (Wildman–Crippen LogP) is 2.60. The van der Waals surface area contributed by atoms with E-state index in [2.05, 4.69) is 0 Å². The number of aliphatic carboxylic acids is 1. The third kappa shape index (κ3) is 3.45. The Kier molecular flexibility index (Phi) is 4.15. The molecule has 0 aromatic heterocycles. The molecular weight excluding hydrogens is 256 g/mol. The molecule has 0 aliphatic heterocycles. The number of hydrogen-bond donors (Lipinski definition) is 2. The number of rotatable bonds is 5. The van der Waals surface area contributed by atoms with Gasteiger partial charge in [0.1, 0.15) is 0 Å². The van der Waals surface area contributed by atoms with Crippen molar-refractivity contribution in [3.8, 4) is 0 Å². The second-order valence-electron chi connectivity index (χ2n) is 4.53. The Bertz CT molecular complexity index is 646. The van der Waals surface area contributed by atoms with Gasteiger partial charge in [0.2, 0.25) is 0 Å². The maximum Gasteiger partial charge on any atom is 0.335 e. The minimum absolute atomic E-state index is 0.0333. The van der Waals surface area contributed by atoms with E-state index in [1.165, 1.54) is 0 Å². The molecule has 0 heterocycles. The molecule has 2 rings (SSSR count). The van der Waals surface area contributed by atoms with Gasteiger partial charge < -0.3 is 10.2 Å². The van der Waals surface area contributed by atoms with E-state index in [-0.39, 0.29) is 12.0 Å². The van der Waals surface area contributed by atoms with Gasteiger partial charge in [-0.15, -0.1) is 0 Å². The summed E-state index contributed by atoms with van der Waals surface area (Å²) in [5, 5.41) is 17.9. The zero-order chi connectivity index (χ0) is 14.5. The summed E-state index contributed by atoms with van der Waals surface area (Å²) in [4.78, 5) is 21.9. The molecule has 2 aromatic carbocycles. The number of benzene rings is 2. The van der Waals surface area contributed by atoms with E-state index in [1.54, 1.807) is 42.5 Å². The smallest absolute Gasteiger partial charge is 0.335 e. The summed E-state index contributed by atoms with van der Waals surface area (Å²) in [5.74, 6) is -1.84. The molecule has 0 aliphatic rings. The highest BCUT2D eigenvalue weighted by atomic mass is 16.4. The molecule has 20 heavy (non-hydrogen) atoms. The maximum atomic E-state index is 11.1. The summed E-state index contributed by atoms with van der Waals surface area (Å²) in [7, 11) is 0. The standard InChI is InChI=1S/C16H14O4/c17-15(18)10-12-5-3-4-11(8-12)9-13-6-1-2-7-14(13)16(19)20/h1-8H,9-10H2,(H,17,18)(H,19,20). The van der Waals surface area contributed by atoms with Crippen molar-refractivity contribution in [2.45, 2.75) is 12.8 Å². The van der Waals surface area contributed by atoms with Crippen LogP contribution in [0.5, 0.6) is 0 Å². The molecule has 2 N–H and O–H groups in total. The second kappa shape index (κ2) is 6.02. The summed E-state index contributed by atoms with van der Waals surface area (Å²) in [6.45, 7) is 0. The Labute approximate surface area is 116 Å². The van der Waals surface area contributed by atoms with Crippen molar-refractivity contribution in [1.82, 2.24) is 0 Å². The van der Waals surface area contributed by atoms with E-state index < -0.39 is 11.9 Å². The van der Waals surface area contributed by atoms with Crippen molar-refractivity contribution in [1.29, 1.82) is 0 Å². The minimum Gasteiger partial charge on any atom is -0.481 e. The highest BCUT2D eigenvalue weighted by molar-refractivity contribution is 5.89. The molecule has 0 saturated heterocycles. The maximum absolute atomic E-state index is 11.1. The van der Waals surface area contributed by atoms with Crippen molar-refractivity contribution < 1.29 is 19.8 Å². The van der Waals surface area contributed by atoms with Crippen molar-refractivity contribution >= 4 is 11.9 Å². The Morgan fingerprint density at radius 3 is 2.30 bits per heavy atom. The molecule has 0 saturated carbocycles. The number of hydrogen-bond acceptors (Lipinski definition) is 2. The molecule has 0 fully saturated rings. The zero-order valence-corrected chi connectivity index (χ0v) is 10.7. The van der Waals surface area contributed by atoms with Crippen molar-refractivity contribution in [3.63, 3.8) is 0 Å². The fourth-order valence-corrected chi connectivity index (χ4v) is 2.13. The van der Waals surface area contributed by atoms with E-state index >= 15 is 0 Å². The second-order valence-corrected chi connectivity index (χ2v) is 4.53. The molecule has 0 atom stereocenters. The first kappa shape index (κ1) is 13.8. The largest absolute Gasteiger partial charge is 0.481 e. The van der Waals surface area contributed by atoms with Crippen LogP contribution in [-0.4, -0.2) is 22.2 Å². The lowest BCUT2D eigenvalue weighted by Crippen LogP contribution is -2.04. The molecule has 4 nitrogen and oxygen atoms in total. The highest BCUT2D eigenvalue weighted by Gasteiger charge is 2.10. The van der Waals surface area contributed by atoms with Crippen LogP contribution in [0.15, 0.2) is 48.5 Å². The first-order valence-electron chi connectivity index (χ1n) is 6.17. The first-order valence-corrected chi connectivity index (χ1v) is 6.17. The van der Waals surface area contributed by atoms with Gasteiger partial charge in [0, 0.05) is 0 Å². The molecule has 0 bridgehead atoms. The van der Waals surface area contributed by atoms with Gasteiger partial charge in [0.25, 0.3) is 0 Å². The summed E-state index contributed by atoms with van der Waals surface area (Å²) < 4.78 is 0. The summed E-state index contributed by atoms with van der Waals surface area (Å²) >= 11 is 0. The van der Waals surface area contributed by atoms with Gasteiger partial charge in [-0.05, 0) is 29.2 Å². The predicted molar refractivity (Wildman–Crippen MR) is 74.0 cm³/mol. The fourth-order valence-electron chi connectivity index (χ4n) is 2.13. The first-order chi connectivity index (χ1) is 9.56. The molecule has 102 valence electrons. The van der Waals surface area contributed by atoms with E-state index in [4.69, 9.17) is 10.2 Å². The quantitative estimate of drug-likeness (QED) is 0.875. The van der Waals surface area contributed by atoms with Gasteiger partial charge >= 0.3 is 11.9 Å². The minimum atomic E-state index is -0.956. The van der Waals surface area contributed by atoms with Crippen LogP contribution < -0.4 is 0 Å². The van der Waals surface area contributed by atoms with E-state index in [9.17, 15) is 9.59 Å². The highest BCUT2D eigenvalue weighted by Crippen LogP contribution is 2.16. The van der Waals surface area contributed by atoms with Gasteiger partial charge in [0.05, 0.1) is 12.0 Å². The summed E-state index contributed by atoms with van der Waals surface area (Å²) in [5.41, 5.74) is 2.60. The zero-order valence-electron chi connectivity index (χ0n) is 10.7. The van der Waals surface area contributed by atoms with Gasteiger partial charge in [-0.25, -0.2) is 4.79 Å². The monoisotopic (exact) mass is 270 g/mol. The fraction of sp³-hybridized carbons (Fsp3) is 0.125. The Morgan fingerprint density at radius 2 is 1.60 bits per heavy atom. The van der Waals surface area contributed by atoms with Crippen LogP contribution in [-0.2, 0) is 17.6 Å². The number of carboxylic acid groups (broad SMARTS) is 2. The van der Waals surface area contributed by atoms with Gasteiger partial charge in [-0.3, -0.25) is 4.79 Å².